The van der Waals surface area contributed by atoms with E-state index in [1.807, 2.05) is 6.07 Å². The van der Waals surface area contributed by atoms with Gasteiger partial charge in [-0.25, -0.2) is 13.8 Å². The quantitative estimate of drug-likeness (QED) is 0.515. The normalized spacial score (nSPS) is 16.1. The highest BCUT2D eigenvalue weighted by atomic mass is 19.1. The third kappa shape index (κ3) is 3.69. The van der Waals surface area contributed by atoms with Crippen LogP contribution in [0.15, 0.2) is 36.7 Å². The van der Waals surface area contributed by atoms with E-state index < -0.39 is 5.82 Å². The van der Waals surface area contributed by atoms with Gasteiger partial charge in [0.05, 0.1) is 25.5 Å². The Labute approximate surface area is 183 Å². The average molecular weight is 436 g/mol. The molecule has 1 aliphatic rings. The predicted molar refractivity (Wildman–Crippen MR) is 116 cm³/mol. The maximum absolute atomic E-state index is 15.1. The first-order valence-corrected chi connectivity index (χ1v) is 10.4. The van der Waals surface area contributed by atoms with Gasteiger partial charge in [0.25, 0.3) is 0 Å². The summed E-state index contributed by atoms with van der Waals surface area (Å²) in [5.41, 5.74) is 3.58. The number of hydrogen-bond acceptors (Lipinski definition) is 6. The third-order valence-electron chi connectivity index (χ3n) is 5.83. The fraction of sp³-hybridized carbons (Fsp3) is 0.304. The number of halogens is 2. The molecule has 4 heterocycles. The number of ether oxygens (including phenoxy) is 1. The molecular formula is C23H22F2N6O. The molecule has 5 rings (SSSR count). The van der Waals surface area contributed by atoms with Gasteiger partial charge in [0.1, 0.15) is 23.0 Å². The first-order valence-electron chi connectivity index (χ1n) is 10.4. The van der Waals surface area contributed by atoms with Gasteiger partial charge in [-0.05, 0) is 43.5 Å². The number of fused-ring (bicyclic) bond motifs is 1. The van der Waals surface area contributed by atoms with Crippen LogP contribution in [0.4, 0.5) is 8.78 Å². The Balaban J connectivity index is 1.63. The summed E-state index contributed by atoms with van der Waals surface area (Å²) in [4.78, 5) is 17.3. The van der Waals surface area contributed by atoms with Crippen molar-refractivity contribution in [3.8, 4) is 17.4 Å². The molecule has 0 bridgehead atoms. The number of rotatable bonds is 5. The van der Waals surface area contributed by atoms with Gasteiger partial charge in [-0.1, -0.05) is 12.1 Å². The van der Waals surface area contributed by atoms with Gasteiger partial charge in [0.15, 0.2) is 5.65 Å². The van der Waals surface area contributed by atoms with Crippen LogP contribution in [0, 0.1) is 18.6 Å². The average Bonchev–Trinajstić information content (AvgIpc) is 3.44. The van der Waals surface area contributed by atoms with Crippen molar-refractivity contribution in [3.63, 3.8) is 0 Å². The molecule has 164 valence electrons. The molecule has 32 heavy (non-hydrogen) atoms. The fourth-order valence-corrected chi connectivity index (χ4v) is 4.16. The Bertz CT molecular complexity index is 1300. The summed E-state index contributed by atoms with van der Waals surface area (Å²) in [6.07, 6.45) is 3.64. The van der Waals surface area contributed by atoms with Crippen LogP contribution in [0.1, 0.15) is 29.2 Å². The molecule has 0 amide bonds. The molecular weight excluding hydrogens is 414 g/mol. The molecule has 1 fully saturated rings. The minimum Gasteiger partial charge on any atom is -0.467 e. The van der Waals surface area contributed by atoms with Gasteiger partial charge < -0.3 is 14.6 Å². The van der Waals surface area contributed by atoms with E-state index in [1.54, 1.807) is 23.6 Å². The Morgan fingerprint density at radius 1 is 1.16 bits per heavy atom. The number of imidazole rings is 1. The van der Waals surface area contributed by atoms with E-state index in [2.05, 4.69) is 25.3 Å². The maximum Gasteiger partial charge on any atom is 0.318 e. The van der Waals surface area contributed by atoms with Gasteiger partial charge in [-0.15, -0.1) is 0 Å². The van der Waals surface area contributed by atoms with E-state index >= 15 is 4.39 Å². The Morgan fingerprint density at radius 3 is 2.75 bits per heavy atom. The molecule has 1 saturated heterocycles. The van der Waals surface area contributed by atoms with E-state index in [1.165, 1.54) is 19.4 Å². The molecule has 0 saturated carbocycles. The van der Waals surface area contributed by atoms with Crippen LogP contribution in [0.5, 0.6) is 6.01 Å². The third-order valence-corrected chi connectivity index (χ3v) is 5.83. The van der Waals surface area contributed by atoms with E-state index in [-0.39, 0.29) is 18.4 Å². The molecule has 9 heteroatoms. The summed E-state index contributed by atoms with van der Waals surface area (Å²) < 4.78 is 36.0. The zero-order valence-electron chi connectivity index (χ0n) is 17.8. The number of methoxy groups -OCH3 is 1. The van der Waals surface area contributed by atoms with Crippen LogP contribution in [0.3, 0.4) is 0 Å². The van der Waals surface area contributed by atoms with Crippen molar-refractivity contribution in [1.29, 1.82) is 0 Å². The highest BCUT2D eigenvalue weighted by Gasteiger charge is 2.21. The summed E-state index contributed by atoms with van der Waals surface area (Å²) in [5.74, 6) is -0.0261. The topological polar surface area (TPSA) is 77.8 Å². The van der Waals surface area contributed by atoms with Crippen molar-refractivity contribution in [3.05, 3.63) is 65.1 Å². The lowest BCUT2D eigenvalue weighted by atomic mass is 9.97. The number of pyridine rings is 1. The second-order valence-electron chi connectivity index (χ2n) is 7.92. The van der Waals surface area contributed by atoms with Crippen LogP contribution < -0.4 is 10.1 Å². The number of aryl methyl sites for hydroxylation is 1. The van der Waals surface area contributed by atoms with Gasteiger partial charge >= 0.3 is 6.01 Å². The highest BCUT2D eigenvalue weighted by Crippen LogP contribution is 2.29. The summed E-state index contributed by atoms with van der Waals surface area (Å²) in [6, 6.07) is 6.91. The number of nitrogens with one attached hydrogen (secondary N) is 1. The molecule has 1 unspecified atom stereocenters. The van der Waals surface area contributed by atoms with Crippen molar-refractivity contribution >= 4 is 11.2 Å². The Kier molecular flexibility index (Phi) is 5.26. The molecule has 0 aliphatic carbocycles. The lowest BCUT2D eigenvalue weighted by Gasteiger charge is -2.13. The summed E-state index contributed by atoms with van der Waals surface area (Å²) in [7, 11) is 1.48. The second-order valence-corrected chi connectivity index (χ2v) is 7.92. The standard InChI is InChI=1S/C23H22F2N6O/c1-13-20-22(30-23(28-13)32-2)31(21(29-20)17-7-18(24)11-27-10-17)12-16-4-3-14(8-19(16)25)15-5-6-26-9-15/h3-4,7-8,10-11,15,26H,5-6,9,12H2,1-2H3. The predicted octanol–water partition coefficient (Wildman–Crippen LogP) is 3.61. The Hall–Kier alpha value is -3.46. The number of aromatic nitrogens is 5. The molecule has 7 nitrogen and oxygen atoms in total. The van der Waals surface area contributed by atoms with Crippen molar-refractivity contribution in [1.82, 2.24) is 29.8 Å². The fourth-order valence-electron chi connectivity index (χ4n) is 4.16. The molecule has 0 radical (unpaired) electrons. The summed E-state index contributed by atoms with van der Waals surface area (Å²) >= 11 is 0. The zero-order valence-corrected chi connectivity index (χ0v) is 17.8. The lowest BCUT2D eigenvalue weighted by Crippen LogP contribution is -2.09. The Morgan fingerprint density at radius 2 is 2.03 bits per heavy atom. The second kappa shape index (κ2) is 8.23. The van der Waals surface area contributed by atoms with Crippen LogP contribution in [0.25, 0.3) is 22.6 Å². The minimum atomic E-state index is -0.484. The smallest absolute Gasteiger partial charge is 0.318 e. The van der Waals surface area contributed by atoms with E-state index in [0.717, 1.165) is 31.3 Å². The van der Waals surface area contributed by atoms with E-state index in [0.29, 0.717) is 39.7 Å². The molecule has 3 aromatic heterocycles. The van der Waals surface area contributed by atoms with Gasteiger partial charge in [0, 0.05) is 23.9 Å². The van der Waals surface area contributed by atoms with Crippen LogP contribution in [-0.4, -0.2) is 44.7 Å². The first kappa shape index (κ1) is 20.4. The van der Waals surface area contributed by atoms with Crippen molar-refractivity contribution < 1.29 is 13.5 Å². The van der Waals surface area contributed by atoms with E-state index in [4.69, 9.17) is 4.74 Å². The largest absolute Gasteiger partial charge is 0.467 e. The molecule has 1 aliphatic heterocycles. The summed E-state index contributed by atoms with van der Waals surface area (Å²) in [5, 5.41) is 3.31. The van der Waals surface area contributed by atoms with E-state index in [9.17, 15) is 4.39 Å². The molecule has 1 atom stereocenters. The molecule has 1 aromatic carbocycles. The van der Waals surface area contributed by atoms with Gasteiger partial charge in [0.2, 0.25) is 0 Å². The van der Waals surface area contributed by atoms with Gasteiger partial charge in [-0.2, -0.15) is 9.97 Å². The van der Waals surface area contributed by atoms with Crippen LogP contribution in [0.2, 0.25) is 0 Å². The monoisotopic (exact) mass is 436 g/mol. The number of nitrogens with zero attached hydrogens (tertiary/aromatic N) is 5. The molecule has 0 spiro atoms. The maximum atomic E-state index is 15.1. The first-order chi connectivity index (χ1) is 15.5. The summed E-state index contributed by atoms with van der Waals surface area (Å²) in [6.45, 7) is 3.76. The minimum absolute atomic E-state index is 0.164. The highest BCUT2D eigenvalue weighted by molar-refractivity contribution is 5.79. The van der Waals surface area contributed by atoms with Crippen LogP contribution in [-0.2, 0) is 6.54 Å². The zero-order chi connectivity index (χ0) is 22.2. The van der Waals surface area contributed by atoms with Crippen LogP contribution >= 0.6 is 0 Å². The molecule has 4 aromatic rings. The van der Waals surface area contributed by atoms with Crippen molar-refractivity contribution in [2.24, 2.45) is 0 Å². The van der Waals surface area contributed by atoms with Crippen molar-refractivity contribution in [2.75, 3.05) is 20.2 Å². The number of hydrogen-bond donors (Lipinski definition) is 1. The SMILES string of the molecule is COc1nc(C)c2nc(-c3cncc(F)c3)n(Cc3ccc(C4CCNC4)cc3F)c2n1. The lowest BCUT2D eigenvalue weighted by molar-refractivity contribution is 0.380. The molecule has 1 N–H and O–H groups in total. The number of benzene rings is 1. The van der Waals surface area contributed by atoms with Gasteiger partial charge in [-0.3, -0.25) is 4.98 Å². The van der Waals surface area contributed by atoms with Crippen molar-refractivity contribution in [2.45, 2.75) is 25.8 Å².